The molecule has 0 aromatic heterocycles. The van der Waals surface area contributed by atoms with Crippen molar-refractivity contribution >= 4 is 17.5 Å². The van der Waals surface area contributed by atoms with Crippen LogP contribution in [-0.4, -0.2) is 11.0 Å². The number of primary amides is 1. The molecule has 0 fully saturated rings. The van der Waals surface area contributed by atoms with Gasteiger partial charge in [0.15, 0.2) is 0 Å². The average Bonchev–Trinajstić information content (AvgIpc) is 2.71. The summed E-state index contributed by atoms with van der Waals surface area (Å²) in [6.45, 7) is 0. The molecule has 1 heterocycles. The van der Waals surface area contributed by atoms with Crippen molar-refractivity contribution in [2.45, 2.75) is 6.42 Å². The Labute approximate surface area is 126 Å². The monoisotopic (exact) mass is 301 g/mol. The molecule has 1 aliphatic carbocycles. The quantitative estimate of drug-likeness (QED) is 0.778. The van der Waals surface area contributed by atoms with Crippen LogP contribution in [0, 0.1) is 0 Å². The van der Waals surface area contributed by atoms with E-state index < -0.39 is 5.91 Å². The van der Waals surface area contributed by atoms with Crippen molar-refractivity contribution in [2.75, 3.05) is 0 Å². The summed E-state index contributed by atoms with van der Waals surface area (Å²) < 4.78 is 5.46. The number of carbonyl (C=O) groups excluding carboxylic acids is 1. The van der Waals surface area contributed by atoms with Crippen LogP contribution in [0.2, 0.25) is 5.02 Å². The Morgan fingerprint density at radius 2 is 2.00 bits per heavy atom. The van der Waals surface area contributed by atoms with E-state index in [9.17, 15) is 9.90 Å². The fourth-order valence-corrected chi connectivity index (χ4v) is 2.61. The van der Waals surface area contributed by atoms with Crippen molar-refractivity contribution in [1.29, 1.82) is 0 Å². The van der Waals surface area contributed by atoms with Crippen LogP contribution < -0.4 is 5.73 Å². The van der Waals surface area contributed by atoms with Crippen LogP contribution in [0.15, 0.2) is 47.1 Å². The zero-order chi connectivity index (χ0) is 15.0. The van der Waals surface area contributed by atoms with E-state index >= 15 is 0 Å². The fraction of sp³-hybridized carbons (Fsp3) is 0.0625. The number of amides is 1. The van der Waals surface area contributed by atoms with E-state index in [4.69, 9.17) is 21.8 Å². The van der Waals surface area contributed by atoms with Crippen LogP contribution in [0.5, 0.6) is 5.75 Å². The summed E-state index contributed by atoms with van der Waals surface area (Å²) in [5.41, 5.74) is 7.69. The Balaban J connectivity index is 2.31. The molecule has 1 amide bonds. The van der Waals surface area contributed by atoms with E-state index in [2.05, 4.69) is 0 Å². The average molecular weight is 302 g/mol. The maximum atomic E-state index is 11.2. The molecule has 0 radical (unpaired) electrons. The van der Waals surface area contributed by atoms with E-state index in [0.29, 0.717) is 27.5 Å². The van der Waals surface area contributed by atoms with E-state index in [1.165, 1.54) is 6.26 Å². The standard InChI is InChI=1S/C16H12ClNO3/c17-10-6-11-14(9-4-2-1-3-5-9)15(20)12(7-13(18)19)16(11)21-8-10/h1-6,8,20H,7H2,(H2,18,19). The van der Waals surface area contributed by atoms with Gasteiger partial charge in [0.2, 0.25) is 5.91 Å². The molecule has 5 heteroatoms. The molecule has 0 unspecified atom stereocenters. The molecule has 1 aromatic rings. The van der Waals surface area contributed by atoms with Crippen molar-refractivity contribution in [1.82, 2.24) is 0 Å². The van der Waals surface area contributed by atoms with Crippen molar-refractivity contribution in [2.24, 2.45) is 5.73 Å². The minimum Gasteiger partial charge on any atom is -0.507 e. The summed E-state index contributed by atoms with van der Waals surface area (Å²) in [5.74, 6) is -0.113. The van der Waals surface area contributed by atoms with Crippen LogP contribution in [0.1, 0.15) is 5.56 Å². The Morgan fingerprint density at radius 3 is 2.67 bits per heavy atom. The minimum absolute atomic E-state index is 0.000941. The number of nitrogens with two attached hydrogens (primary N) is 1. The lowest BCUT2D eigenvalue weighted by atomic mass is 10.0. The second-order valence-corrected chi connectivity index (χ2v) is 5.16. The fourth-order valence-electron chi connectivity index (χ4n) is 2.46. The first-order valence-electron chi connectivity index (χ1n) is 6.33. The van der Waals surface area contributed by atoms with Gasteiger partial charge in [0.05, 0.1) is 11.4 Å². The van der Waals surface area contributed by atoms with Gasteiger partial charge < -0.3 is 15.3 Å². The number of halogens is 1. The zero-order valence-corrected chi connectivity index (χ0v) is 11.7. The Kier molecular flexibility index (Phi) is 3.31. The van der Waals surface area contributed by atoms with E-state index in [-0.39, 0.29) is 12.2 Å². The maximum absolute atomic E-state index is 11.2. The first-order valence-corrected chi connectivity index (χ1v) is 6.71. The summed E-state index contributed by atoms with van der Waals surface area (Å²) in [7, 11) is 0. The molecule has 0 atom stereocenters. The molecule has 0 saturated heterocycles. The van der Waals surface area contributed by atoms with Crippen LogP contribution >= 0.6 is 11.6 Å². The van der Waals surface area contributed by atoms with Gasteiger partial charge in [0.25, 0.3) is 0 Å². The van der Waals surface area contributed by atoms with Gasteiger partial charge in [-0.3, -0.25) is 4.79 Å². The molecule has 106 valence electrons. The van der Waals surface area contributed by atoms with Crippen LogP contribution in [0.4, 0.5) is 0 Å². The molecular formula is C16H12ClNO3. The number of hydrogen-bond acceptors (Lipinski definition) is 3. The molecule has 1 aromatic carbocycles. The first-order chi connectivity index (χ1) is 10.1. The number of fused-ring (bicyclic) bond motifs is 1. The van der Waals surface area contributed by atoms with Gasteiger partial charge in [-0.15, -0.1) is 0 Å². The van der Waals surface area contributed by atoms with Gasteiger partial charge >= 0.3 is 0 Å². The van der Waals surface area contributed by atoms with E-state index in [0.717, 1.165) is 5.56 Å². The van der Waals surface area contributed by atoms with Gasteiger partial charge in [0.1, 0.15) is 17.8 Å². The highest BCUT2D eigenvalue weighted by Gasteiger charge is 2.27. The highest BCUT2D eigenvalue weighted by molar-refractivity contribution is 6.30. The Morgan fingerprint density at radius 1 is 1.29 bits per heavy atom. The summed E-state index contributed by atoms with van der Waals surface area (Å²) >= 11 is 5.98. The smallest absolute Gasteiger partial charge is 0.222 e. The molecule has 1 aliphatic heterocycles. The number of aromatic hydroxyl groups is 1. The number of carbonyl (C=O) groups is 1. The molecule has 0 bridgehead atoms. The summed E-state index contributed by atoms with van der Waals surface area (Å²) in [6.07, 6.45) is 1.27. The Hall–Kier alpha value is -2.46. The second kappa shape index (κ2) is 5.14. The predicted molar refractivity (Wildman–Crippen MR) is 80.3 cm³/mol. The second-order valence-electron chi connectivity index (χ2n) is 4.72. The molecule has 3 rings (SSSR count). The summed E-state index contributed by atoms with van der Waals surface area (Å²) in [4.78, 5) is 11.2. The first kappa shape index (κ1) is 13.5. The third kappa shape index (κ3) is 2.34. The molecule has 4 nitrogen and oxygen atoms in total. The van der Waals surface area contributed by atoms with Gasteiger partial charge in [-0.05, 0) is 11.6 Å². The van der Waals surface area contributed by atoms with Crippen molar-refractivity contribution in [3.05, 3.63) is 53.2 Å². The highest BCUT2D eigenvalue weighted by Crippen LogP contribution is 2.48. The normalized spacial score (nSPS) is 10.9. The molecule has 3 N–H and O–H groups in total. The lowest BCUT2D eigenvalue weighted by molar-refractivity contribution is -0.117. The van der Waals surface area contributed by atoms with Gasteiger partial charge in [-0.1, -0.05) is 41.9 Å². The number of benzene rings is 1. The lowest BCUT2D eigenvalue weighted by Crippen LogP contribution is -2.13. The predicted octanol–water partition coefficient (Wildman–Crippen LogP) is 3.44. The molecule has 2 aliphatic rings. The van der Waals surface area contributed by atoms with Crippen molar-refractivity contribution in [3.8, 4) is 28.2 Å². The summed E-state index contributed by atoms with van der Waals surface area (Å²) in [5, 5.41) is 10.9. The zero-order valence-electron chi connectivity index (χ0n) is 11.0. The number of hydrogen-bond donors (Lipinski definition) is 2. The van der Waals surface area contributed by atoms with Crippen LogP contribution in [0.25, 0.3) is 22.5 Å². The molecule has 21 heavy (non-hydrogen) atoms. The molecule has 0 spiro atoms. The number of rotatable bonds is 3. The SMILES string of the molecule is NC(=O)Cc1c2occ(Cl)cc-2c(-c2ccccc2)c1O. The molecular weight excluding hydrogens is 290 g/mol. The van der Waals surface area contributed by atoms with E-state index in [1.807, 2.05) is 30.3 Å². The molecule has 0 saturated carbocycles. The minimum atomic E-state index is -0.540. The Bertz CT molecular complexity index is 780. The maximum Gasteiger partial charge on any atom is 0.222 e. The van der Waals surface area contributed by atoms with Crippen molar-refractivity contribution in [3.63, 3.8) is 0 Å². The summed E-state index contributed by atoms with van der Waals surface area (Å²) in [6, 6.07) is 11.0. The van der Waals surface area contributed by atoms with Gasteiger partial charge in [0, 0.05) is 16.7 Å². The largest absolute Gasteiger partial charge is 0.507 e. The van der Waals surface area contributed by atoms with Gasteiger partial charge in [-0.25, -0.2) is 0 Å². The van der Waals surface area contributed by atoms with Crippen LogP contribution in [-0.2, 0) is 11.2 Å². The topological polar surface area (TPSA) is 76.5 Å². The third-order valence-electron chi connectivity index (χ3n) is 3.30. The highest BCUT2D eigenvalue weighted by atomic mass is 35.5. The van der Waals surface area contributed by atoms with E-state index in [1.54, 1.807) is 6.07 Å². The third-order valence-corrected chi connectivity index (χ3v) is 3.49. The van der Waals surface area contributed by atoms with Gasteiger partial charge in [-0.2, -0.15) is 0 Å². The van der Waals surface area contributed by atoms with Crippen molar-refractivity contribution < 1.29 is 14.3 Å². The lowest BCUT2D eigenvalue weighted by Gasteiger charge is -2.04. The van der Waals surface area contributed by atoms with Crippen LogP contribution in [0.3, 0.4) is 0 Å².